The van der Waals surface area contributed by atoms with E-state index >= 15 is 0 Å². The first-order valence-electron chi connectivity index (χ1n) is 15.2. The molecule has 0 heterocycles. The fourth-order valence-electron chi connectivity index (χ4n) is 5.01. The SMILES string of the molecule is CCOc1ccccc1N(CC(=O)N(Cc1ccc(C)cc1)[C@@H](Cc1ccccc1)C(=O)NC(C)C)S(=O)(=O)c1ccc(Cl)cc1. The number of carbonyl (C=O) groups is 2. The third-order valence-electron chi connectivity index (χ3n) is 7.29. The topological polar surface area (TPSA) is 96.0 Å². The van der Waals surface area contributed by atoms with Crippen LogP contribution in [-0.4, -0.2) is 50.4 Å². The number of aryl methyl sites for hydroxylation is 1. The maximum Gasteiger partial charge on any atom is 0.264 e. The van der Waals surface area contributed by atoms with E-state index in [-0.39, 0.29) is 42.1 Å². The maximum atomic E-state index is 14.6. The van der Waals surface area contributed by atoms with Gasteiger partial charge in [0.25, 0.3) is 10.0 Å². The number of sulfonamides is 1. The predicted octanol–water partition coefficient (Wildman–Crippen LogP) is 6.41. The summed E-state index contributed by atoms with van der Waals surface area (Å²) >= 11 is 6.08. The molecule has 46 heavy (non-hydrogen) atoms. The number of ether oxygens (including phenoxy) is 1. The van der Waals surface area contributed by atoms with Crippen LogP contribution in [0.1, 0.15) is 37.5 Å². The Morgan fingerprint density at radius 2 is 1.48 bits per heavy atom. The van der Waals surface area contributed by atoms with E-state index in [1.165, 1.54) is 29.2 Å². The minimum absolute atomic E-state index is 0.0422. The summed E-state index contributed by atoms with van der Waals surface area (Å²) in [6, 6.07) is 28.5. The minimum Gasteiger partial charge on any atom is -0.492 e. The number of halogens is 1. The summed E-state index contributed by atoms with van der Waals surface area (Å²) in [5.74, 6) is -0.579. The standard InChI is InChI=1S/C36H40ClN3O5S/c1-5-45-34-14-10-9-13-32(34)40(46(43,44)31-21-19-30(37)20-22-31)25-35(41)39(24-29-17-15-27(4)16-18-29)33(36(42)38-26(2)3)23-28-11-7-6-8-12-28/h6-22,26,33H,5,23-25H2,1-4H3,(H,38,42)/t33-/m0/s1. The van der Waals surface area contributed by atoms with Gasteiger partial charge in [0.2, 0.25) is 11.8 Å². The van der Waals surface area contributed by atoms with Gasteiger partial charge in [-0.15, -0.1) is 0 Å². The van der Waals surface area contributed by atoms with Crippen molar-refractivity contribution in [2.45, 2.75) is 57.6 Å². The number of anilines is 1. The molecular weight excluding hydrogens is 622 g/mol. The Bertz CT molecular complexity index is 1710. The second-order valence-electron chi connectivity index (χ2n) is 11.2. The van der Waals surface area contributed by atoms with Crippen LogP contribution in [0.3, 0.4) is 0 Å². The zero-order valence-corrected chi connectivity index (χ0v) is 28.1. The molecule has 1 N–H and O–H groups in total. The number of rotatable bonds is 14. The summed E-state index contributed by atoms with van der Waals surface area (Å²) in [4.78, 5) is 29.9. The smallest absolute Gasteiger partial charge is 0.264 e. The summed E-state index contributed by atoms with van der Waals surface area (Å²) in [6.07, 6.45) is 0.233. The highest BCUT2D eigenvalue weighted by Gasteiger charge is 2.35. The lowest BCUT2D eigenvalue weighted by Gasteiger charge is -2.34. The summed E-state index contributed by atoms with van der Waals surface area (Å²) < 4.78 is 35.4. The van der Waals surface area contributed by atoms with E-state index in [0.29, 0.717) is 10.8 Å². The predicted molar refractivity (Wildman–Crippen MR) is 183 cm³/mol. The van der Waals surface area contributed by atoms with Gasteiger partial charge in [-0.25, -0.2) is 8.42 Å². The molecule has 0 spiro atoms. The molecule has 0 unspecified atom stereocenters. The van der Waals surface area contributed by atoms with Crippen molar-refractivity contribution in [3.63, 3.8) is 0 Å². The molecule has 0 saturated carbocycles. The molecule has 8 nitrogen and oxygen atoms in total. The largest absolute Gasteiger partial charge is 0.492 e. The molecule has 242 valence electrons. The lowest BCUT2D eigenvalue weighted by atomic mass is 10.0. The number of amides is 2. The molecule has 0 bridgehead atoms. The van der Waals surface area contributed by atoms with E-state index in [2.05, 4.69) is 5.32 Å². The number of benzene rings is 4. The Morgan fingerprint density at radius 3 is 2.11 bits per heavy atom. The number of carbonyl (C=O) groups excluding carboxylic acids is 2. The number of nitrogens with zero attached hydrogens (tertiary/aromatic N) is 2. The zero-order chi connectivity index (χ0) is 33.3. The van der Waals surface area contributed by atoms with Crippen molar-refractivity contribution in [1.29, 1.82) is 0 Å². The molecule has 0 aliphatic rings. The summed E-state index contributed by atoms with van der Waals surface area (Å²) in [5.41, 5.74) is 2.92. The van der Waals surface area contributed by atoms with E-state index < -0.39 is 28.5 Å². The van der Waals surface area contributed by atoms with Crippen molar-refractivity contribution in [3.05, 3.63) is 125 Å². The normalized spacial score (nSPS) is 12.0. The number of nitrogens with one attached hydrogen (secondary N) is 1. The van der Waals surface area contributed by atoms with Crippen LogP contribution in [0.4, 0.5) is 5.69 Å². The molecule has 4 aromatic rings. The van der Waals surface area contributed by atoms with E-state index in [1.807, 2.05) is 75.4 Å². The van der Waals surface area contributed by atoms with Gasteiger partial charge in [0, 0.05) is 24.0 Å². The van der Waals surface area contributed by atoms with E-state index in [4.69, 9.17) is 16.3 Å². The highest BCUT2D eigenvalue weighted by molar-refractivity contribution is 7.92. The van der Waals surface area contributed by atoms with Crippen molar-refractivity contribution >= 4 is 39.1 Å². The van der Waals surface area contributed by atoms with Crippen LogP contribution in [0.5, 0.6) is 5.75 Å². The minimum atomic E-state index is -4.30. The number of hydrogen-bond acceptors (Lipinski definition) is 5. The Morgan fingerprint density at radius 1 is 0.848 bits per heavy atom. The van der Waals surface area contributed by atoms with E-state index in [0.717, 1.165) is 21.0 Å². The van der Waals surface area contributed by atoms with Crippen LogP contribution in [-0.2, 0) is 32.6 Å². The first-order chi connectivity index (χ1) is 22.0. The van der Waals surface area contributed by atoms with Gasteiger partial charge in [-0.3, -0.25) is 13.9 Å². The van der Waals surface area contributed by atoms with Crippen molar-refractivity contribution in [3.8, 4) is 5.75 Å². The molecule has 0 aliphatic heterocycles. The third kappa shape index (κ3) is 8.89. The second kappa shape index (κ2) is 15.8. The molecule has 10 heteroatoms. The van der Waals surface area contributed by atoms with Crippen LogP contribution in [0.2, 0.25) is 5.02 Å². The van der Waals surface area contributed by atoms with Crippen LogP contribution >= 0.6 is 11.6 Å². The number of para-hydroxylation sites is 2. The Hall–Kier alpha value is -4.34. The summed E-state index contributed by atoms with van der Waals surface area (Å²) in [7, 11) is -4.30. The number of hydrogen-bond donors (Lipinski definition) is 1. The molecule has 4 aromatic carbocycles. The summed E-state index contributed by atoms with van der Waals surface area (Å²) in [5, 5.41) is 3.34. The zero-order valence-electron chi connectivity index (χ0n) is 26.5. The van der Waals surface area contributed by atoms with Crippen LogP contribution < -0.4 is 14.4 Å². The maximum absolute atomic E-state index is 14.6. The van der Waals surface area contributed by atoms with Gasteiger partial charge in [0.05, 0.1) is 17.2 Å². The fraction of sp³-hybridized carbons (Fsp3) is 0.278. The molecule has 2 amide bonds. The van der Waals surface area contributed by atoms with Crippen molar-refractivity contribution in [2.24, 2.45) is 0 Å². The Balaban J connectivity index is 1.84. The highest BCUT2D eigenvalue weighted by atomic mass is 35.5. The van der Waals surface area contributed by atoms with Crippen LogP contribution in [0.15, 0.2) is 108 Å². The van der Waals surface area contributed by atoms with Crippen LogP contribution in [0, 0.1) is 6.92 Å². The fourth-order valence-corrected chi connectivity index (χ4v) is 6.56. The van der Waals surface area contributed by atoms with E-state index in [9.17, 15) is 18.0 Å². The van der Waals surface area contributed by atoms with Gasteiger partial charge < -0.3 is 15.0 Å². The molecule has 0 radical (unpaired) electrons. The van der Waals surface area contributed by atoms with Crippen molar-refractivity contribution in [2.75, 3.05) is 17.5 Å². The average molecular weight is 662 g/mol. The van der Waals surface area contributed by atoms with Gasteiger partial charge in [-0.2, -0.15) is 0 Å². The van der Waals surface area contributed by atoms with Gasteiger partial charge >= 0.3 is 0 Å². The second-order valence-corrected chi connectivity index (χ2v) is 13.5. The quantitative estimate of drug-likeness (QED) is 0.169. The van der Waals surface area contributed by atoms with E-state index in [1.54, 1.807) is 31.2 Å². The van der Waals surface area contributed by atoms with Gasteiger partial charge in [-0.1, -0.05) is 83.9 Å². The Labute approximate surface area is 277 Å². The lowest BCUT2D eigenvalue weighted by molar-refractivity contribution is -0.140. The molecule has 0 aromatic heterocycles. The van der Waals surface area contributed by atoms with Crippen molar-refractivity contribution < 1.29 is 22.7 Å². The molecule has 0 saturated heterocycles. The first kappa shape index (κ1) is 34.5. The Kier molecular flexibility index (Phi) is 11.8. The molecule has 1 atom stereocenters. The third-order valence-corrected chi connectivity index (χ3v) is 9.32. The molecular formula is C36H40ClN3O5S. The van der Waals surface area contributed by atoms with Crippen molar-refractivity contribution in [1.82, 2.24) is 10.2 Å². The average Bonchev–Trinajstić information content (AvgIpc) is 3.03. The molecule has 0 aliphatic carbocycles. The van der Waals surface area contributed by atoms with Gasteiger partial charge in [0.1, 0.15) is 18.3 Å². The van der Waals surface area contributed by atoms with Gasteiger partial charge in [-0.05, 0) is 75.2 Å². The van der Waals surface area contributed by atoms with Gasteiger partial charge in [0.15, 0.2) is 0 Å². The first-order valence-corrected chi connectivity index (χ1v) is 17.0. The molecule has 4 rings (SSSR count). The lowest BCUT2D eigenvalue weighted by Crippen LogP contribution is -2.54. The molecule has 0 fully saturated rings. The highest BCUT2D eigenvalue weighted by Crippen LogP contribution is 2.33. The monoisotopic (exact) mass is 661 g/mol. The summed E-state index contributed by atoms with van der Waals surface area (Å²) in [6.45, 7) is 7.27. The van der Waals surface area contributed by atoms with Crippen LogP contribution in [0.25, 0.3) is 0 Å².